The van der Waals surface area contributed by atoms with Crippen molar-refractivity contribution in [2.75, 3.05) is 26.2 Å². The summed E-state index contributed by atoms with van der Waals surface area (Å²) in [7, 11) is 0. The lowest BCUT2D eigenvalue weighted by Gasteiger charge is -2.40. The molecule has 100 valence electrons. The molecule has 0 aromatic carbocycles. The Labute approximate surface area is 113 Å². The third-order valence-electron chi connectivity index (χ3n) is 3.71. The fourth-order valence-electron chi connectivity index (χ4n) is 2.67. The molecule has 0 saturated carbocycles. The molecular formula is C13H20ClN3O. The van der Waals surface area contributed by atoms with Gasteiger partial charge in [-0.2, -0.15) is 0 Å². The van der Waals surface area contributed by atoms with Crippen molar-refractivity contribution in [2.24, 2.45) is 11.7 Å². The number of carbonyl (C=O) groups excluding carboxylic acids is 1. The van der Waals surface area contributed by atoms with Crippen LogP contribution in [0.4, 0.5) is 0 Å². The second kappa shape index (κ2) is 5.87. The Morgan fingerprint density at radius 3 is 3.11 bits per heavy atom. The lowest BCUT2D eigenvalue weighted by atomic mass is 9.87. The molecule has 4 nitrogen and oxygen atoms in total. The van der Waals surface area contributed by atoms with Gasteiger partial charge in [-0.15, -0.1) is 0 Å². The molecule has 18 heavy (non-hydrogen) atoms. The monoisotopic (exact) mass is 269 g/mol. The lowest BCUT2D eigenvalue weighted by molar-refractivity contribution is -0.133. The van der Waals surface area contributed by atoms with E-state index in [0.717, 1.165) is 31.1 Å². The maximum Gasteiger partial charge on any atom is 0.236 e. The first kappa shape index (κ1) is 13.6. The SMILES string of the molecule is CC1=C(Cl)C=CC([C@@H]2CNCCN2C(=O)CN)C1. The molecular weight excluding hydrogens is 250 g/mol. The molecule has 5 heteroatoms. The van der Waals surface area contributed by atoms with Gasteiger partial charge in [0.05, 0.1) is 12.6 Å². The highest BCUT2D eigenvalue weighted by atomic mass is 35.5. The van der Waals surface area contributed by atoms with E-state index in [1.54, 1.807) is 0 Å². The number of amides is 1. The minimum Gasteiger partial charge on any atom is -0.335 e. The van der Waals surface area contributed by atoms with Crippen LogP contribution in [0.25, 0.3) is 0 Å². The minimum atomic E-state index is 0.0354. The molecule has 0 aromatic rings. The van der Waals surface area contributed by atoms with Crippen molar-refractivity contribution >= 4 is 17.5 Å². The molecule has 1 amide bonds. The first-order valence-electron chi connectivity index (χ1n) is 6.37. The summed E-state index contributed by atoms with van der Waals surface area (Å²) in [6.45, 7) is 4.54. The summed E-state index contributed by atoms with van der Waals surface area (Å²) in [6.07, 6.45) is 4.98. The summed E-state index contributed by atoms with van der Waals surface area (Å²) in [5, 5.41) is 4.18. The molecule has 0 radical (unpaired) electrons. The molecule has 1 unspecified atom stereocenters. The van der Waals surface area contributed by atoms with Gasteiger partial charge >= 0.3 is 0 Å². The van der Waals surface area contributed by atoms with Crippen molar-refractivity contribution in [1.82, 2.24) is 10.2 Å². The number of rotatable bonds is 2. The van der Waals surface area contributed by atoms with Crippen molar-refractivity contribution in [2.45, 2.75) is 19.4 Å². The third-order valence-corrected chi connectivity index (χ3v) is 4.16. The highest BCUT2D eigenvalue weighted by Crippen LogP contribution is 2.30. The van der Waals surface area contributed by atoms with Crippen LogP contribution in [0.15, 0.2) is 22.8 Å². The fraction of sp³-hybridized carbons (Fsp3) is 0.615. The summed E-state index contributed by atoms with van der Waals surface area (Å²) in [4.78, 5) is 13.8. The summed E-state index contributed by atoms with van der Waals surface area (Å²) in [6, 6.07) is 0.186. The second-order valence-electron chi connectivity index (χ2n) is 4.92. The first-order chi connectivity index (χ1) is 8.63. The zero-order chi connectivity index (χ0) is 13.1. The van der Waals surface area contributed by atoms with Gasteiger partial charge in [0.1, 0.15) is 0 Å². The summed E-state index contributed by atoms with van der Waals surface area (Å²) >= 11 is 6.07. The number of allylic oxidation sites excluding steroid dienone is 3. The number of halogens is 1. The Balaban J connectivity index is 2.11. The number of hydrogen-bond donors (Lipinski definition) is 2. The van der Waals surface area contributed by atoms with E-state index < -0.39 is 0 Å². The van der Waals surface area contributed by atoms with Crippen LogP contribution in [0.1, 0.15) is 13.3 Å². The van der Waals surface area contributed by atoms with Crippen LogP contribution in [-0.4, -0.2) is 43.0 Å². The average Bonchev–Trinajstić information content (AvgIpc) is 2.41. The summed E-state index contributed by atoms with van der Waals surface area (Å²) in [5.41, 5.74) is 6.67. The molecule has 0 aromatic heterocycles. The molecule has 0 bridgehead atoms. The highest BCUT2D eigenvalue weighted by Gasteiger charge is 2.32. The van der Waals surface area contributed by atoms with Crippen LogP contribution in [-0.2, 0) is 4.79 Å². The normalized spacial score (nSPS) is 28.7. The molecule has 0 spiro atoms. The molecule has 1 aliphatic carbocycles. The number of hydrogen-bond acceptors (Lipinski definition) is 3. The first-order valence-corrected chi connectivity index (χ1v) is 6.75. The number of carbonyl (C=O) groups is 1. The standard InChI is InChI=1S/C13H20ClN3O/c1-9-6-10(2-3-11(9)14)12-8-16-4-5-17(12)13(18)7-15/h2-3,10,12,16H,4-8,15H2,1H3/t10?,12-/m0/s1. The van der Waals surface area contributed by atoms with Gasteiger partial charge in [0.25, 0.3) is 0 Å². The van der Waals surface area contributed by atoms with Crippen molar-refractivity contribution in [3.05, 3.63) is 22.8 Å². The third kappa shape index (κ3) is 2.76. The van der Waals surface area contributed by atoms with E-state index in [9.17, 15) is 4.79 Å². The maximum absolute atomic E-state index is 11.9. The van der Waals surface area contributed by atoms with E-state index in [-0.39, 0.29) is 18.5 Å². The van der Waals surface area contributed by atoms with E-state index >= 15 is 0 Å². The van der Waals surface area contributed by atoms with Gasteiger partial charge in [-0.3, -0.25) is 4.79 Å². The average molecular weight is 270 g/mol. The van der Waals surface area contributed by atoms with Gasteiger partial charge in [0, 0.05) is 30.6 Å². The van der Waals surface area contributed by atoms with Gasteiger partial charge in [0.2, 0.25) is 5.91 Å². The Hall–Kier alpha value is -0.840. The Kier molecular flexibility index (Phi) is 4.43. The fourth-order valence-corrected chi connectivity index (χ4v) is 2.82. The number of nitrogens with two attached hydrogens (primary N) is 1. The maximum atomic E-state index is 11.9. The zero-order valence-electron chi connectivity index (χ0n) is 10.7. The minimum absolute atomic E-state index is 0.0354. The van der Waals surface area contributed by atoms with Crippen molar-refractivity contribution in [1.29, 1.82) is 0 Å². The predicted octanol–water partition coefficient (Wildman–Crippen LogP) is 0.834. The van der Waals surface area contributed by atoms with Gasteiger partial charge in [0.15, 0.2) is 0 Å². The van der Waals surface area contributed by atoms with Gasteiger partial charge in [-0.05, 0) is 19.4 Å². The molecule has 1 heterocycles. The smallest absolute Gasteiger partial charge is 0.236 e. The van der Waals surface area contributed by atoms with Crippen LogP contribution < -0.4 is 11.1 Å². The van der Waals surface area contributed by atoms with E-state index in [0.29, 0.717) is 5.92 Å². The van der Waals surface area contributed by atoms with E-state index in [1.165, 1.54) is 5.57 Å². The van der Waals surface area contributed by atoms with E-state index in [4.69, 9.17) is 17.3 Å². The second-order valence-corrected chi connectivity index (χ2v) is 5.33. The number of nitrogens with one attached hydrogen (secondary N) is 1. The number of nitrogens with zero attached hydrogens (tertiary/aromatic N) is 1. The molecule has 2 aliphatic rings. The quantitative estimate of drug-likeness (QED) is 0.781. The molecule has 1 fully saturated rings. The molecule has 3 N–H and O–H groups in total. The largest absolute Gasteiger partial charge is 0.335 e. The highest BCUT2D eigenvalue weighted by molar-refractivity contribution is 6.31. The number of piperazine rings is 1. The Bertz CT molecular complexity index is 392. The van der Waals surface area contributed by atoms with Gasteiger partial charge in [-0.1, -0.05) is 23.3 Å². The van der Waals surface area contributed by atoms with Crippen LogP contribution in [0.5, 0.6) is 0 Å². The van der Waals surface area contributed by atoms with Crippen LogP contribution in [0.2, 0.25) is 0 Å². The molecule has 1 aliphatic heterocycles. The van der Waals surface area contributed by atoms with Gasteiger partial charge < -0.3 is 16.0 Å². The summed E-state index contributed by atoms with van der Waals surface area (Å²) in [5.74, 6) is 0.365. The van der Waals surface area contributed by atoms with Gasteiger partial charge in [-0.25, -0.2) is 0 Å². The predicted molar refractivity (Wildman–Crippen MR) is 73.2 cm³/mol. The van der Waals surface area contributed by atoms with Crippen LogP contribution in [0, 0.1) is 5.92 Å². The van der Waals surface area contributed by atoms with Crippen molar-refractivity contribution in [3.63, 3.8) is 0 Å². The van der Waals surface area contributed by atoms with E-state index in [1.807, 2.05) is 17.9 Å². The zero-order valence-corrected chi connectivity index (χ0v) is 11.4. The Morgan fingerprint density at radius 1 is 1.67 bits per heavy atom. The van der Waals surface area contributed by atoms with Crippen LogP contribution >= 0.6 is 11.6 Å². The molecule has 2 rings (SSSR count). The summed E-state index contributed by atoms with van der Waals surface area (Å²) < 4.78 is 0. The molecule has 1 saturated heterocycles. The van der Waals surface area contributed by atoms with E-state index in [2.05, 4.69) is 11.4 Å². The Morgan fingerprint density at radius 2 is 2.44 bits per heavy atom. The lowest BCUT2D eigenvalue weighted by Crippen LogP contribution is -2.57. The van der Waals surface area contributed by atoms with Crippen molar-refractivity contribution in [3.8, 4) is 0 Å². The van der Waals surface area contributed by atoms with Crippen LogP contribution in [0.3, 0.4) is 0 Å². The molecule has 2 atom stereocenters. The van der Waals surface area contributed by atoms with Crippen molar-refractivity contribution < 1.29 is 4.79 Å². The topological polar surface area (TPSA) is 58.4 Å².